The van der Waals surface area contributed by atoms with Crippen molar-refractivity contribution >= 4 is 33.4 Å². The fourth-order valence-corrected chi connectivity index (χ4v) is 5.82. The highest BCUT2D eigenvalue weighted by atomic mass is 32.2. The summed E-state index contributed by atoms with van der Waals surface area (Å²) in [4.78, 5) is 12.5. The SMILES string of the molecule is Cc1ccccc1NS(=O)(=O)c1cccc(C(=O)NCCSC2CCCCC2)c1. The summed E-state index contributed by atoms with van der Waals surface area (Å²) in [5.74, 6) is 0.630. The summed E-state index contributed by atoms with van der Waals surface area (Å²) in [5, 5.41) is 3.61. The van der Waals surface area contributed by atoms with Crippen LogP contribution in [0.15, 0.2) is 53.4 Å². The molecule has 2 N–H and O–H groups in total. The number of hydrogen-bond acceptors (Lipinski definition) is 4. The zero-order valence-electron chi connectivity index (χ0n) is 16.7. The van der Waals surface area contributed by atoms with Crippen molar-refractivity contribution in [3.63, 3.8) is 0 Å². The lowest BCUT2D eigenvalue weighted by molar-refractivity contribution is 0.0956. The molecule has 0 bridgehead atoms. The number of para-hydroxylation sites is 1. The maximum atomic E-state index is 12.7. The number of rotatable bonds is 8. The van der Waals surface area contributed by atoms with E-state index in [-0.39, 0.29) is 10.8 Å². The Morgan fingerprint density at radius 3 is 2.59 bits per heavy atom. The van der Waals surface area contributed by atoms with Gasteiger partial charge in [-0.1, -0.05) is 43.5 Å². The molecule has 7 heteroatoms. The number of thioether (sulfide) groups is 1. The van der Waals surface area contributed by atoms with Crippen molar-refractivity contribution in [3.8, 4) is 0 Å². The topological polar surface area (TPSA) is 75.3 Å². The fraction of sp³-hybridized carbons (Fsp3) is 0.409. The number of sulfonamides is 1. The molecule has 1 aliphatic rings. The average molecular weight is 433 g/mol. The number of nitrogens with one attached hydrogen (secondary N) is 2. The van der Waals surface area contributed by atoms with Crippen LogP contribution in [0, 0.1) is 6.92 Å². The quantitative estimate of drug-likeness (QED) is 0.598. The van der Waals surface area contributed by atoms with Crippen molar-refractivity contribution in [3.05, 3.63) is 59.7 Å². The van der Waals surface area contributed by atoms with E-state index in [0.29, 0.717) is 23.0 Å². The molecule has 1 fully saturated rings. The van der Waals surface area contributed by atoms with Crippen LogP contribution in [-0.2, 0) is 10.0 Å². The van der Waals surface area contributed by atoms with Crippen molar-refractivity contribution < 1.29 is 13.2 Å². The van der Waals surface area contributed by atoms with Crippen LogP contribution in [-0.4, -0.2) is 31.9 Å². The third-order valence-corrected chi connectivity index (χ3v) is 7.84. The summed E-state index contributed by atoms with van der Waals surface area (Å²) in [6, 6.07) is 13.3. The lowest BCUT2D eigenvalue weighted by Crippen LogP contribution is -2.26. The molecular formula is C22H28N2O3S2. The molecule has 156 valence electrons. The normalized spacial score (nSPS) is 15.1. The van der Waals surface area contributed by atoms with E-state index >= 15 is 0 Å². The first-order valence-corrected chi connectivity index (χ1v) is 12.6. The number of carbonyl (C=O) groups is 1. The van der Waals surface area contributed by atoms with Crippen molar-refractivity contribution in [2.24, 2.45) is 0 Å². The van der Waals surface area contributed by atoms with Gasteiger partial charge in [-0.2, -0.15) is 11.8 Å². The Balaban J connectivity index is 1.57. The largest absolute Gasteiger partial charge is 0.351 e. The lowest BCUT2D eigenvalue weighted by Gasteiger charge is -2.20. The van der Waals surface area contributed by atoms with Gasteiger partial charge in [0, 0.05) is 23.1 Å². The van der Waals surface area contributed by atoms with Crippen LogP contribution in [0.3, 0.4) is 0 Å². The molecule has 0 aliphatic heterocycles. The third-order valence-electron chi connectivity index (χ3n) is 5.09. The summed E-state index contributed by atoms with van der Waals surface area (Å²) in [6.07, 6.45) is 6.49. The lowest BCUT2D eigenvalue weighted by atomic mass is 10.0. The smallest absolute Gasteiger partial charge is 0.261 e. The van der Waals surface area contributed by atoms with Crippen molar-refractivity contribution in [1.29, 1.82) is 0 Å². The zero-order valence-corrected chi connectivity index (χ0v) is 18.3. The van der Waals surface area contributed by atoms with Crippen molar-refractivity contribution in [1.82, 2.24) is 5.32 Å². The predicted octanol–water partition coefficient (Wildman–Crippen LogP) is 4.59. The van der Waals surface area contributed by atoms with Crippen LogP contribution >= 0.6 is 11.8 Å². The maximum Gasteiger partial charge on any atom is 0.261 e. The molecule has 0 atom stereocenters. The highest BCUT2D eigenvalue weighted by Crippen LogP contribution is 2.27. The van der Waals surface area contributed by atoms with E-state index in [1.165, 1.54) is 44.2 Å². The molecule has 1 aliphatic carbocycles. The Kier molecular flexibility index (Phi) is 7.61. The Bertz CT molecular complexity index is 939. The number of amides is 1. The van der Waals surface area contributed by atoms with Crippen molar-refractivity contribution in [2.75, 3.05) is 17.0 Å². The first-order chi connectivity index (χ1) is 14.0. The zero-order chi connectivity index (χ0) is 20.7. The molecule has 1 saturated carbocycles. The van der Waals surface area contributed by atoms with Gasteiger partial charge in [-0.05, 0) is 49.6 Å². The molecule has 1 amide bonds. The molecule has 0 heterocycles. The van der Waals surface area contributed by atoms with Gasteiger partial charge >= 0.3 is 0 Å². The number of carbonyl (C=O) groups excluding carboxylic acids is 1. The van der Waals surface area contributed by atoms with Crippen molar-refractivity contribution in [2.45, 2.75) is 49.2 Å². The minimum Gasteiger partial charge on any atom is -0.351 e. The molecule has 5 nitrogen and oxygen atoms in total. The summed E-state index contributed by atoms with van der Waals surface area (Å²) in [6.45, 7) is 2.42. The molecule has 0 aromatic heterocycles. The number of anilines is 1. The number of benzene rings is 2. The van der Waals surface area contributed by atoms with Gasteiger partial charge in [0.05, 0.1) is 10.6 Å². The molecule has 0 radical (unpaired) electrons. The maximum absolute atomic E-state index is 12.7. The van der Waals surface area contributed by atoms with Gasteiger partial charge in [0.25, 0.3) is 15.9 Å². The van der Waals surface area contributed by atoms with E-state index in [0.717, 1.165) is 11.3 Å². The van der Waals surface area contributed by atoms with E-state index in [4.69, 9.17) is 0 Å². The monoisotopic (exact) mass is 432 g/mol. The van der Waals surface area contributed by atoms with Gasteiger partial charge in [0.1, 0.15) is 0 Å². The first kappa shape index (κ1) is 21.7. The molecule has 3 rings (SSSR count). The molecule has 0 unspecified atom stereocenters. The Hall–Kier alpha value is -1.99. The molecule has 29 heavy (non-hydrogen) atoms. The van der Waals surface area contributed by atoms with E-state index in [1.807, 2.05) is 30.8 Å². The van der Waals surface area contributed by atoms with Crippen LogP contribution in [0.4, 0.5) is 5.69 Å². The Labute approximate surface area is 177 Å². The van der Waals surface area contributed by atoms with Crippen LogP contribution in [0.2, 0.25) is 0 Å². The minimum atomic E-state index is -3.77. The average Bonchev–Trinajstić information content (AvgIpc) is 2.73. The summed E-state index contributed by atoms with van der Waals surface area (Å²) in [5.41, 5.74) is 1.71. The van der Waals surface area contributed by atoms with Gasteiger partial charge in [-0.3, -0.25) is 9.52 Å². The number of hydrogen-bond donors (Lipinski definition) is 2. The standard InChI is InChI=1S/C22H28N2O3S2/c1-17-8-5-6-13-21(17)24-29(26,27)20-12-7-9-18(16-20)22(25)23-14-15-28-19-10-3-2-4-11-19/h5-9,12-13,16,19,24H,2-4,10-11,14-15H2,1H3,(H,23,25). The molecule has 0 saturated heterocycles. The summed E-state index contributed by atoms with van der Waals surface area (Å²) >= 11 is 1.92. The molecule has 0 spiro atoms. The van der Waals surface area contributed by atoms with Crippen LogP contribution in [0.1, 0.15) is 48.0 Å². The highest BCUT2D eigenvalue weighted by Gasteiger charge is 2.18. The second kappa shape index (κ2) is 10.2. The second-order valence-corrected chi connectivity index (χ2v) is 10.4. The Morgan fingerprint density at radius 2 is 1.83 bits per heavy atom. The van der Waals surface area contributed by atoms with Gasteiger partial charge in [0.2, 0.25) is 0 Å². The molecular weight excluding hydrogens is 404 g/mol. The Morgan fingerprint density at radius 1 is 1.07 bits per heavy atom. The summed E-state index contributed by atoms with van der Waals surface area (Å²) < 4.78 is 28.0. The van der Waals surface area contributed by atoms with Gasteiger partial charge in [0.15, 0.2) is 0 Å². The van der Waals surface area contributed by atoms with Crippen LogP contribution in [0.5, 0.6) is 0 Å². The van der Waals surface area contributed by atoms with E-state index in [1.54, 1.807) is 24.3 Å². The van der Waals surface area contributed by atoms with E-state index in [9.17, 15) is 13.2 Å². The predicted molar refractivity (Wildman–Crippen MR) is 120 cm³/mol. The number of aryl methyl sites for hydroxylation is 1. The highest BCUT2D eigenvalue weighted by molar-refractivity contribution is 7.99. The fourth-order valence-electron chi connectivity index (χ4n) is 3.42. The molecule has 2 aromatic rings. The first-order valence-electron chi connectivity index (χ1n) is 10.0. The minimum absolute atomic E-state index is 0.0741. The van der Waals surface area contributed by atoms with Gasteiger partial charge < -0.3 is 5.32 Å². The van der Waals surface area contributed by atoms with Gasteiger partial charge in [-0.25, -0.2) is 8.42 Å². The van der Waals surface area contributed by atoms with Crippen LogP contribution in [0.25, 0.3) is 0 Å². The second-order valence-electron chi connectivity index (χ2n) is 7.33. The van der Waals surface area contributed by atoms with E-state index < -0.39 is 10.0 Å². The van der Waals surface area contributed by atoms with Gasteiger partial charge in [-0.15, -0.1) is 0 Å². The summed E-state index contributed by atoms with van der Waals surface area (Å²) in [7, 11) is -3.77. The van der Waals surface area contributed by atoms with Crippen LogP contribution < -0.4 is 10.0 Å². The van der Waals surface area contributed by atoms with E-state index in [2.05, 4.69) is 10.0 Å². The molecule has 2 aromatic carbocycles. The third kappa shape index (κ3) is 6.24.